The van der Waals surface area contributed by atoms with Crippen molar-refractivity contribution >= 4 is 72.5 Å². The largest absolute Gasteiger partial charge is 0.452 e. The maximum absolute atomic E-state index is 13.8. The number of carbonyl (C=O) groups excluding carboxylic acids is 1. The summed E-state index contributed by atoms with van der Waals surface area (Å²) in [6.45, 7) is 0. The molecule has 1 aliphatic rings. The first-order valence-corrected chi connectivity index (χ1v) is 11.0. The highest BCUT2D eigenvalue weighted by Gasteiger charge is 2.48. The van der Waals surface area contributed by atoms with Gasteiger partial charge in [-0.15, -0.1) is 0 Å². The second kappa shape index (κ2) is 8.34. The molecule has 0 unspecified atom stereocenters. The quantitative estimate of drug-likeness (QED) is 0.332. The molecule has 1 aliphatic heterocycles. The van der Waals surface area contributed by atoms with Crippen molar-refractivity contribution in [3.8, 4) is 0 Å². The normalized spacial score (nSPS) is 18.4. The average Bonchev–Trinajstić information content (AvgIpc) is 3.27. The molecule has 6 nitrogen and oxygen atoms in total. The van der Waals surface area contributed by atoms with Crippen LogP contribution >= 0.6 is 55.1 Å². The van der Waals surface area contributed by atoms with Crippen LogP contribution in [0.1, 0.15) is 34.8 Å². The van der Waals surface area contributed by atoms with E-state index >= 15 is 0 Å². The van der Waals surface area contributed by atoms with E-state index in [0.717, 1.165) is 4.68 Å². The van der Waals surface area contributed by atoms with Gasteiger partial charge in [0.15, 0.2) is 16.4 Å². The number of fused-ring (bicyclic) bond motifs is 1. The Balaban J connectivity index is 1.71. The summed E-state index contributed by atoms with van der Waals surface area (Å²) in [4.78, 5) is 12.8. The van der Waals surface area contributed by atoms with Gasteiger partial charge in [-0.3, -0.25) is 4.79 Å². The highest BCUT2D eigenvalue weighted by molar-refractivity contribution is 9.10. The zero-order valence-electron chi connectivity index (χ0n) is 15.1. The Labute approximate surface area is 200 Å². The molecular weight excluding hydrogens is 592 g/mol. The number of rotatable bonds is 3. The lowest BCUT2D eigenvalue weighted by atomic mass is 10.0. The first kappa shape index (κ1) is 22.5. The molecule has 31 heavy (non-hydrogen) atoms. The molecule has 13 heteroatoms. The van der Waals surface area contributed by atoms with E-state index in [-0.39, 0.29) is 33.1 Å². The van der Waals surface area contributed by atoms with Crippen LogP contribution in [0.25, 0.3) is 0 Å². The molecule has 1 aromatic carbocycles. The first-order valence-electron chi connectivity index (χ1n) is 8.67. The van der Waals surface area contributed by atoms with Crippen LogP contribution in [0.15, 0.2) is 43.9 Å². The first-order chi connectivity index (χ1) is 14.5. The van der Waals surface area contributed by atoms with Crippen LogP contribution in [0.3, 0.4) is 0 Å². The number of halogens is 7. The van der Waals surface area contributed by atoms with Crippen molar-refractivity contribution in [3.63, 3.8) is 0 Å². The lowest BCUT2D eigenvalue weighted by molar-refractivity contribution is -0.174. The molecule has 0 saturated carbocycles. The number of nitrogens with zero attached hydrogens (tertiary/aromatic N) is 2. The summed E-state index contributed by atoms with van der Waals surface area (Å²) in [7, 11) is 0. The van der Waals surface area contributed by atoms with E-state index < -0.39 is 24.2 Å². The van der Waals surface area contributed by atoms with Gasteiger partial charge in [0.2, 0.25) is 0 Å². The minimum absolute atomic E-state index is 0.00781. The second-order valence-corrected chi connectivity index (χ2v) is 9.08. The highest BCUT2D eigenvalue weighted by atomic mass is 79.9. The Kier molecular flexibility index (Phi) is 6.06. The standard InChI is InChI=1S/C18H11Br2Cl2F3N4O2/c19-13-4-3-11(31-13)10-6-12(18(23,24)25)29-16(26-10)14(20)15(28-29)17(30)27-9-5-7(21)1-2-8(9)22/h1-5,10,12,26H,6H2,(H,27,30)/t10-,12-/m1/s1. The molecule has 0 radical (unpaired) electrons. The maximum Gasteiger partial charge on any atom is 0.410 e. The Bertz CT molecular complexity index is 1170. The van der Waals surface area contributed by atoms with Gasteiger partial charge in [0.05, 0.1) is 21.2 Å². The molecular formula is C18H11Br2Cl2F3N4O2. The van der Waals surface area contributed by atoms with Gasteiger partial charge in [-0.25, -0.2) is 4.68 Å². The summed E-state index contributed by atoms with van der Waals surface area (Å²) in [6.07, 6.45) is -4.97. The molecule has 0 saturated heterocycles. The molecule has 2 aromatic heterocycles. The molecule has 1 amide bonds. The van der Waals surface area contributed by atoms with Gasteiger partial charge in [0, 0.05) is 11.4 Å². The number of nitrogens with one attached hydrogen (secondary N) is 2. The third-order valence-electron chi connectivity index (χ3n) is 4.62. The maximum atomic E-state index is 13.8. The van der Waals surface area contributed by atoms with Gasteiger partial charge in [0.1, 0.15) is 11.6 Å². The number of furan rings is 1. The number of anilines is 2. The fourth-order valence-electron chi connectivity index (χ4n) is 3.21. The van der Waals surface area contributed by atoms with Gasteiger partial charge in [-0.05, 0) is 62.2 Å². The van der Waals surface area contributed by atoms with Crippen LogP contribution in [0.2, 0.25) is 10.0 Å². The number of amides is 1. The van der Waals surface area contributed by atoms with Gasteiger partial charge in [-0.2, -0.15) is 18.3 Å². The Morgan fingerprint density at radius 1 is 1.26 bits per heavy atom. The minimum atomic E-state index is -4.60. The SMILES string of the molecule is O=C(Nc1cc(Cl)ccc1Cl)c1nn2c(c1Br)N[C@@H](c1ccc(Br)o1)C[C@@H]2C(F)(F)F. The van der Waals surface area contributed by atoms with E-state index in [2.05, 4.69) is 47.6 Å². The van der Waals surface area contributed by atoms with Crippen LogP contribution in [-0.2, 0) is 0 Å². The molecule has 0 bridgehead atoms. The van der Waals surface area contributed by atoms with E-state index in [0.29, 0.717) is 15.5 Å². The minimum Gasteiger partial charge on any atom is -0.452 e. The zero-order chi connectivity index (χ0) is 22.5. The van der Waals surface area contributed by atoms with Crippen molar-refractivity contribution < 1.29 is 22.4 Å². The Hall–Kier alpha value is -1.69. The van der Waals surface area contributed by atoms with Gasteiger partial charge < -0.3 is 15.1 Å². The topological polar surface area (TPSA) is 72.1 Å². The molecule has 0 aliphatic carbocycles. The smallest absolute Gasteiger partial charge is 0.410 e. The van der Waals surface area contributed by atoms with E-state index in [9.17, 15) is 18.0 Å². The van der Waals surface area contributed by atoms with E-state index in [4.69, 9.17) is 27.6 Å². The van der Waals surface area contributed by atoms with Gasteiger partial charge in [-0.1, -0.05) is 23.2 Å². The van der Waals surface area contributed by atoms with Crippen LogP contribution in [-0.4, -0.2) is 21.9 Å². The van der Waals surface area contributed by atoms with Gasteiger partial charge in [0.25, 0.3) is 5.91 Å². The van der Waals surface area contributed by atoms with Crippen molar-refractivity contribution in [2.45, 2.75) is 24.7 Å². The fourth-order valence-corrected chi connectivity index (χ4v) is 4.42. The summed E-state index contributed by atoms with van der Waals surface area (Å²) in [5.41, 5.74) is -0.0373. The van der Waals surface area contributed by atoms with Crippen molar-refractivity contribution in [3.05, 3.63) is 61.0 Å². The number of benzene rings is 1. The fraction of sp³-hybridized carbons (Fsp3) is 0.222. The number of alkyl halides is 3. The molecule has 2 N–H and O–H groups in total. The second-order valence-electron chi connectivity index (χ2n) is 6.67. The number of carbonyl (C=O) groups is 1. The number of hydrogen-bond donors (Lipinski definition) is 2. The third kappa shape index (κ3) is 4.46. The number of aromatic nitrogens is 2. The van der Waals surface area contributed by atoms with Crippen molar-refractivity contribution in [1.82, 2.24) is 9.78 Å². The van der Waals surface area contributed by atoms with Crippen LogP contribution in [0, 0.1) is 0 Å². The molecule has 4 rings (SSSR count). The highest BCUT2D eigenvalue weighted by Crippen LogP contribution is 2.46. The average molecular weight is 603 g/mol. The molecule has 164 valence electrons. The van der Waals surface area contributed by atoms with Crippen LogP contribution in [0.4, 0.5) is 24.7 Å². The van der Waals surface area contributed by atoms with E-state index in [1.807, 2.05) is 0 Å². The van der Waals surface area contributed by atoms with E-state index in [1.165, 1.54) is 18.2 Å². The van der Waals surface area contributed by atoms with Gasteiger partial charge >= 0.3 is 6.18 Å². The predicted octanol–water partition coefficient (Wildman–Crippen LogP) is 7.22. The molecule has 0 spiro atoms. The summed E-state index contributed by atoms with van der Waals surface area (Å²) in [5, 5.41) is 9.97. The van der Waals surface area contributed by atoms with Crippen molar-refractivity contribution in [2.24, 2.45) is 0 Å². The van der Waals surface area contributed by atoms with Crippen LogP contribution < -0.4 is 10.6 Å². The van der Waals surface area contributed by atoms with Crippen molar-refractivity contribution in [1.29, 1.82) is 0 Å². The number of hydrogen-bond acceptors (Lipinski definition) is 4. The Morgan fingerprint density at radius 3 is 2.65 bits per heavy atom. The lowest BCUT2D eigenvalue weighted by Crippen LogP contribution is -2.35. The third-order valence-corrected chi connectivity index (χ3v) is 6.37. The summed E-state index contributed by atoms with van der Waals surface area (Å²) < 4.78 is 48.1. The van der Waals surface area contributed by atoms with Crippen LogP contribution in [0.5, 0.6) is 0 Å². The lowest BCUT2D eigenvalue weighted by Gasteiger charge is -2.32. The molecule has 0 fully saturated rings. The monoisotopic (exact) mass is 600 g/mol. The molecule has 3 aromatic rings. The van der Waals surface area contributed by atoms with E-state index in [1.54, 1.807) is 12.1 Å². The zero-order valence-corrected chi connectivity index (χ0v) is 19.8. The predicted molar refractivity (Wildman–Crippen MR) is 117 cm³/mol. The Morgan fingerprint density at radius 2 is 2.00 bits per heavy atom. The summed E-state index contributed by atoms with van der Waals surface area (Å²) >= 11 is 18.3. The molecule has 3 heterocycles. The summed E-state index contributed by atoms with van der Waals surface area (Å²) in [5.74, 6) is -0.427. The summed E-state index contributed by atoms with van der Waals surface area (Å²) in [6, 6.07) is 4.86. The molecule has 2 atom stereocenters. The van der Waals surface area contributed by atoms with Crippen molar-refractivity contribution in [2.75, 3.05) is 10.6 Å².